The molecule has 2 rings (SSSR count). The van der Waals surface area contributed by atoms with Gasteiger partial charge >= 0.3 is 0 Å². The zero-order chi connectivity index (χ0) is 15.9. The van der Waals surface area contributed by atoms with E-state index in [4.69, 9.17) is 0 Å². The maximum Gasteiger partial charge on any atom is 0.231 e. The lowest BCUT2D eigenvalue weighted by molar-refractivity contribution is -0.126. The van der Waals surface area contributed by atoms with Crippen LogP contribution in [-0.2, 0) is 4.79 Å². The molecule has 0 bridgehead atoms. The average Bonchev–Trinajstić information content (AvgIpc) is 2.50. The second kappa shape index (κ2) is 8.13. The van der Waals surface area contributed by atoms with Crippen LogP contribution < -0.4 is 10.6 Å². The van der Waals surface area contributed by atoms with E-state index in [1.165, 1.54) is 5.56 Å². The zero-order valence-electron chi connectivity index (χ0n) is 14.0. The molecule has 4 nitrogen and oxygen atoms in total. The quantitative estimate of drug-likeness (QED) is 0.895. The third kappa shape index (κ3) is 4.81. The maximum absolute atomic E-state index is 12.3. The Hall–Kier alpha value is -1.42. The SMILES string of the molecule is CC.CC(C)c1ccc(NC(=O)C2(C)CCNCC2)nc1. The first kappa shape index (κ1) is 17.6. The number of nitrogens with one attached hydrogen (secondary N) is 2. The van der Waals surface area contributed by atoms with Gasteiger partial charge in [-0.05, 0) is 43.5 Å². The predicted octanol–water partition coefficient (Wildman–Crippen LogP) is 3.56. The maximum atomic E-state index is 12.3. The van der Waals surface area contributed by atoms with E-state index in [0.29, 0.717) is 11.7 Å². The first-order valence-corrected chi connectivity index (χ1v) is 7.99. The third-order valence-electron chi connectivity index (χ3n) is 3.95. The highest BCUT2D eigenvalue weighted by Gasteiger charge is 2.34. The highest BCUT2D eigenvalue weighted by molar-refractivity contribution is 5.94. The van der Waals surface area contributed by atoms with Crippen molar-refractivity contribution in [2.75, 3.05) is 18.4 Å². The number of piperidine rings is 1. The van der Waals surface area contributed by atoms with Gasteiger partial charge in [0, 0.05) is 11.6 Å². The van der Waals surface area contributed by atoms with Crippen LogP contribution in [0, 0.1) is 5.41 Å². The molecule has 1 aliphatic heterocycles. The monoisotopic (exact) mass is 291 g/mol. The van der Waals surface area contributed by atoms with Crippen LogP contribution in [0.1, 0.15) is 58.9 Å². The van der Waals surface area contributed by atoms with Gasteiger partial charge in [0.05, 0.1) is 0 Å². The normalized spacial score (nSPS) is 16.9. The number of anilines is 1. The molecule has 0 radical (unpaired) electrons. The number of pyridine rings is 1. The Labute approximate surface area is 128 Å². The van der Waals surface area contributed by atoms with Gasteiger partial charge in [0.2, 0.25) is 5.91 Å². The summed E-state index contributed by atoms with van der Waals surface area (Å²) in [7, 11) is 0. The van der Waals surface area contributed by atoms with E-state index in [-0.39, 0.29) is 11.3 Å². The first-order chi connectivity index (χ1) is 10.0. The molecular formula is C17H29N3O. The Morgan fingerprint density at radius 2 is 1.90 bits per heavy atom. The smallest absolute Gasteiger partial charge is 0.231 e. The van der Waals surface area contributed by atoms with E-state index >= 15 is 0 Å². The molecule has 2 N–H and O–H groups in total. The number of aromatic nitrogens is 1. The first-order valence-electron chi connectivity index (χ1n) is 7.99. The van der Waals surface area contributed by atoms with Gasteiger partial charge in [-0.15, -0.1) is 0 Å². The molecule has 0 atom stereocenters. The lowest BCUT2D eigenvalue weighted by atomic mass is 9.80. The van der Waals surface area contributed by atoms with E-state index < -0.39 is 0 Å². The van der Waals surface area contributed by atoms with Crippen LogP contribution >= 0.6 is 0 Å². The fourth-order valence-electron chi connectivity index (χ4n) is 2.29. The second-order valence-electron chi connectivity index (χ2n) is 5.90. The van der Waals surface area contributed by atoms with Crippen molar-refractivity contribution in [3.05, 3.63) is 23.9 Å². The summed E-state index contributed by atoms with van der Waals surface area (Å²) in [5.41, 5.74) is 0.912. The molecule has 4 heteroatoms. The number of carbonyl (C=O) groups is 1. The number of rotatable bonds is 3. The number of carbonyl (C=O) groups excluding carboxylic acids is 1. The minimum atomic E-state index is -0.274. The van der Waals surface area contributed by atoms with Gasteiger partial charge in [-0.25, -0.2) is 4.98 Å². The molecule has 1 saturated heterocycles. The van der Waals surface area contributed by atoms with Gasteiger partial charge in [-0.2, -0.15) is 0 Å². The molecule has 118 valence electrons. The molecule has 1 aromatic rings. The second-order valence-corrected chi connectivity index (χ2v) is 5.90. The summed E-state index contributed by atoms with van der Waals surface area (Å²) in [6.45, 7) is 12.1. The summed E-state index contributed by atoms with van der Waals surface area (Å²) < 4.78 is 0. The summed E-state index contributed by atoms with van der Waals surface area (Å²) >= 11 is 0. The number of nitrogens with zero attached hydrogens (tertiary/aromatic N) is 1. The van der Waals surface area contributed by atoms with E-state index in [2.05, 4.69) is 29.5 Å². The van der Waals surface area contributed by atoms with Gasteiger partial charge in [-0.1, -0.05) is 40.7 Å². The number of hydrogen-bond acceptors (Lipinski definition) is 3. The van der Waals surface area contributed by atoms with Gasteiger partial charge < -0.3 is 10.6 Å². The predicted molar refractivity (Wildman–Crippen MR) is 88.5 cm³/mol. The molecule has 0 aromatic carbocycles. The largest absolute Gasteiger partial charge is 0.317 e. The van der Waals surface area contributed by atoms with Crippen molar-refractivity contribution in [1.29, 1.82) is 0 Å². The number of hydrogen-bond donors (Lipinski definition) is 2. The van der Waals surface area contributed by atoms with Gasteiger partial charge in [0.25, 0.3) is 0 Å². The lowest BCUT2D eigenvalue weighted by Crippen LogP contribution is -2.42. The van der Waals surface area contributed by atoms with E-state index in [1.807, 2.05) is 39.1 Å². The Morgan fingerprint density at radius 1 is 1.29 bits per heavy atom. The summed E-state index contributed by atoms with van der Waals surface area (Å²) in [4.78, 5) is 16.6. The summed E-state index contributed by atoms with van der Waals surface area (Å²) in [6, 6.07) is 3.91. The summed E-state index contributed by atoms with van der Waals surface area (Å²) in [6.07, 6.45) is 3.59. The van der Waals surface area contributed by atoms with E-state index in [0.717, 1.165) is 25.9 Å². The zero-order valence-corrected chi connectivity index (χ0v) is 14.0. The van der Waals surface area contributed by atoms with Crippen molar-refractivity contribution in [1.82, 2.24) is 10.3 Å². The van der Waals surface area contributed by atoms with Crippen LogP contribution in [0.3, 0.4) is 0 Å². The van der Waals surface area contributed by atoms with E-state index in [9.17, 15) is 4.79 Å². The summed E-state index contributed by atoms with van der Waals surface area (Å²) in [5.74, 6) is 1.19. The van der Waals surface area contributed by atoms with Crippen LogP contribution in [0.5, 0.6) is 0 Å². The molecule has 1 fully saturated rings. The molecule has 1 amide bonds. The molecule has 0 spiro atoms. The Bertz CT molecular complexity index is 434. The van der Waals surface area contributed by atoms with Crippen LogP contribution in [-0.4, -0.2) is 24.0 Å². The highest BCUT2D eigenvalue weighted by atomic mass is 16.2. The molecular weight excluding hydrogens is 262 g/mol. The molecule has 0 aliphatic carbocycles. The third-order valence-corrected chi connectivity index (χ3v) is 3.95. The molecule has 1 aromatic heterocycles. The van der Waals surface area contributed by atoms with Gasteiger partial charge in [-0.3, -0.25) is 4.79 Å². The van der Waals surface area contributed by atoms with E-state index in [1.54, 1.807) is 0 Å². The van der Waals surface area contributed by atoms with Crippen LogP contribution in [0.4, 0.5) is 5.82 Å². The molecule has 1 aliphatic rings. The summed E-state index contributed by atoms with van der Waals surface area (Å²) in [5, 5.41) is 6.22. The molecule has 21 heavy (non-hydrogen) atoms. The van der Waals surface area contributed by atoms with Crippen molar-refractivity contribution in [2.24, 2.45) is 5.41 Å². The molecule has 0 unspecified atom stereocenters. The Morgan fingerprint density at radius 3 is 2.38 bits per heavy atom. The van der Waals surface area contributed by atoms with Crippen LogP contribution in [0.2, 0.25) is 0 Å². The van der Waals surface area contributed by atoms with Crippen molar-refractivity contribution in [3.63, 3.8) is 0 Å². The average molecular weight is 291 g/mol. The van der Waals surface area contributed by atoms with Crippen LogP contribution in [0.25, 0.3) is 0 Å². The minimum absolute atomic E-state index is 0.0822. The van der Waals surface area contributed by atoms with Gasteiger partial charge in [0.15, 0.2) is 0 Å². The van der Waals surface area contributed by atoms with Gasteiger partial charge in [0.1, 0.15) is 5.82 Å². The lowest BCUT2D eigenvalue weighted by Gasteiger charge is -2.32. The minimum Gasteiger partial charge on any atom is -0.317 e. The Balaban J connectivity index is 0.00000106. The Kier molecular flexibility index (Phi) is 6.82. The van der Waals surface area contributed by atoms with Crippen molar-refractivity contribution in [3.8, 4) is 0 Å². The standard InChI is InChI=1S/C15H23N3O.C2H6/c1-11(2)12-4-5-13(17-10-12)18-14(19)15(3)6-8-16-9-7-15;1-2/h4-5,10-11,16H,6-9H2,1-3H3,(H,17,18,19);1-2H3. The molecule has 2 heterocycles. The van der Waals surface area contributed by atoms with Crippen molar-refractivity contribution in [2.45, 2.75) is 53.4 Å². The number of amides is 1. The topological polar surface area (TPSA) is 54.0 Å². The van der Waals surface area contributed by atoms with Crippen molar-refractivity contribution < 1.29 is 4.79 Å². The molecule has 0 saturated carbocycles. The highest BCUT2D eigenvalue weighted by Crippen LogP contribution is 2.29. The van der Waals surface area contributed by atoms with Crippen LogP contribution in [0.15, 0.2) is 18.3 Å². The van der Waals surface area contributed by atoms with Crippen molar-refractivity contribution >= 4 is 11.7 Å². The fraction of sp³-hybridized carbons (Fsp3) is 0.647. The fourth-order valence-corrected chi connectivity index (χ4v) is 2.29.